The van der Waals surface area contributed by atoms with Crippen LogP contribution in [-0.2, 0) is 4.79 Å². The number of amides is 2. The standard InChI is InChI=1S/C18H26N4O2/c19-11-14-3-1-5-16(14)21-17(23)15-4-2-10-22(12-15)18(24)13-6-8-20-9-7-13/h6-9,14-16H,1-5,10-12,19H2,(H,21,23). The van der Waals surface area contributed by atoms with Crippen molar-refractivity contribution in [2.24, 2.45) is 17.6 Å². The molecule has 1 aliphatic carbocycles. The Morgan fingerprint density at radius 1 is 1.21 bits per heavy atom. The average molecular weight is 330 g/mol. The van der Waals surface area contributed by atoms with Gasteiger partial charge in [-0.2, -0.15) is 0 Å². The number of piperidine rings is 1. The number of rotatable bonds is 4. The first kappa shape index (κ1) is 16.9. The molecule has 3 N–H and O–H groups in total. The number of nitrogens with two attached hydrogens (primary N) is 1. The Labute approximate surface area is 142 Å². The van der Waals surface area contributed by atoms with Crippen LogP contribution < -0.4 is 11.1 Å². The molecule has 1 saturated carbocycles. The van der Waals surface area contributed by atoms with Gasteiger partial charge in [-0.1, -0.05) is 6.42 Å². The lowest BCUT2D eigenvalue weighted by molar-refractivity contribution is -0.127. The minimum Gasteiger partial charge on any atom is -0.353 e. The van der Waals surface area contributed by atoms with E-state index in [-0.39, 0.29) is 23.8 Å². The van der Waals surface area contributed by atoms with Crippen molar-refractivity contribution in [2.45, 2.75) is 38.1 Å². The van der Waals surface area contributed by atoms with Crippen LogP contribution in [-0.4, -0.2) is 47.4 Å². The summed E-state index contributed by atoms with van der Waals surface area (Å²) < 4.78 is 0. The van der Waals surface area contributed by atoms with E-state index in [4.69, 9.17) is 5.73 Å². The van der Waals surface area contributed by atoms with Gasteiger partial charge in [0.25, 0.3) is 5.91 Å². The molecule has 24 heavy (non-hydrogen) atoms. The second kappa shape index (κ2) is 7.75. The first-order chi connectivity index (χ1) is 11.7. The number of hydrogen-bond acceptors (Lipinski definition) is 4. The normalized spacial score (nSPS) is 27.0. The number of likely N-dealkylation sites (tertiary alicyclic amines) is 1. The zero-order chi connectivity index (χ0) is 16.9. The minimum absolute atomic E-state index is 0.0180. The van der Waals surface area contributed by atoms with E-state index in [1.807, 2.05) is 0 Å². The number of carbonyl (C=O) groups excluding carboxylic acids is 2. The summed E-state index contributed by atoms with van der Waals surface area (Å²) in [4.78, 5) is 30.9. The topological polar surface area (TPSA) is 88.3 Å². The molecule has 0 aromatic carbocycles. The number of pyridine rings is 1. The molecule has 6 heteroatoms. The Morgan fingerprint density at radius 3 is 2.75 bits per heavy atom. The molecule has 2 amide bonds. The summed E-state index contributed by atoms with van der Waals surface area (Å²) in [5.41, 5.74) is 6.42. The molecule has 0 bridgehead atoms. The van der Waals surface area contributed by atoms with Gasteiger partial charge in [0.2, 0.25) is 5.91 Å². The van der Waals surface area contributed by atoms with Crippen molar-refractivity contribution in [1.82, 2.24) is 15.2 Å². The van der Waals surface area contributed by atoms with Crippen LogP contribution in [0, 0.1) is 11.8 Å². The van der Waals surface area contributed by atoms with Crippen molar-refractivity contribution in [3.8, 4) is 0 Å². The van der Waals surface area contributed by atoms with Gasteiger partial charge >= 0.3 is 0 Å². The average Bonchev–Trinajstić information content (AvgIpc) is 3.09. The van der Waals surface area contributed by atoms with Crippen LogP contribution in [0.15, 0.2) is 24.5 Å². The zero-order valence-corrected chi connectivity index (χ0v) is 14.0. The molecule has 0 radical (unpaired) electrons. The molecule has 2 aliphatic rings. The van der Waals surface area contributed by atoms with Crippen LogP contribution in [0.2, 0.25) is 0 Å². The fraction of sp³-hybridized carbons (Fsp3) is 0.611. The summed E-state index contributed by atoms with van der Waals surface area (Å²) in [6.07, 6.45) is 8.18. The summed E-state index contributed by atoms with van der Waals surface area (Å²) >= 11 is 0. The molecule has 0 spiro atoms. The highest BCUT2D eigenvalue weighted by Crippen LogP contribution is 2.26. The Hall–Kier alpha value is -1.95. The van der Waals surface area contributed by atoms with Crippen molar-refractivity contribution in [1.29, 1.82) is 0 Å². The third kappa shape index (κ3) is 3.75. The van der Waals surface area contributed by atoms with E-state index in [0.29, 0.717) is 31.1 Å². The number of aromatic nitrogens is 1. The maximum absolute atomic E-state index is 12.6. The van der Waals surface area contributed by atoms with E-state index in [2.05, 4.69) is 10.3 Å². The molecule has 1 aliphatic heterocycles. The molecule has 1 aromatic heterocycles. The van der Waals surface area contributed by atoms with E-state index in [1.165, 1.54) is 0 Å². The smallest absolute Gasteiger partial charge is 0.253 e. The molecular weight excluding hydrogens is 304 g/mol. The highest BCUT2D eigenvalue weighted by molar-refractivity contribution is 5.94. The zero-order valence-electron chi connectivity index (χ0n) is 14.0. The van der Waals surface area contributed by atoms with Crippen molar-refractivity contribution < 1.29 is 9.59 Å². The number of carbonyl (C=O) groups is 2. The molecule has 1 aromatic rings. The van der Waals surface area contributed by atoms with Crippen LogP contribution in [0.5, 0.6) is 0 Å². The highest BCUT2D eigenvalue weighted by Gasteiger charge is 2.33. The Balaban J connectivity index is 1.59. The molecule has 1 saturated heterocycles. The number of nitrogens with zero attached hydrogens (tertiary/aromatic N) is 2. The fourth-order valence-electron chi connectivity index (χ4n) is 3.86. The second-order valence-electron chi connectivity index (χ2n) is 6.87. The first-order valence-corrected chi connectivity index (χ1v) is 8.88. The monoisotopic (exact) mass is 330 g/mol. The molecule has 3 rings (SSSR count). The summed E-state index contributed by atoms with van der Waals surface area (Å²) in [6.45, 7) is 1.83. The van der Waals surface area contributed by atoms with Gasteiger partial charge in [-0.15, -0.1) is 0 Å². The van der Waals surface area contributed by atoms with Gasteiger partial charge in [0.15, 0.2) is 0 Å². The van der Waals surface area contributed by atoms with E-state index in [9.17, 15) is 9.59 Å². The first-order valence-electron chi connectivity index (χ1n) is 8.88. The van der Waals surface area contributed by atoms with Gasteiger partial charge in [0, 0.05) is 37.1 Å². The molecule has 2 fully saturated rings. The van der Waals surface area contributed by atoms with Crippen LogP contribution in [0.25, 0.3) is 0 Å². The molecule has 3 unspecified atom stereocenters. The Morgan fingerprint density at radius 2 is 2.00 bits per heavy atom. The SMILES string of the molecule is NCC1CCCC1NC(=O)C1CCCN(C(=O)c2ccncc2)C1. The maximum atomic E-state index is 12.6. The lowest BCUT2D eigenvalue weighted by atomic mass is 9.95. The largest absolute Gasteiger partial charge is 0.353 e. The highest BCUT2D eigenvalue weighted by atomic mass is 16.2. The van der Waals surface area contributed by atoms with Crippen molar-refractivity contribution in [3.05, 3.63) is 30.1 Å². The number of hydrogen-bond donors (Lipinski definition) is 2. The second-order valence-corrected chi connectivity index (χ2v) is 6.87. The van der Waals surface area contributed by atoms with Crippen molar-refractivity contribution >= 4 is 11.8 Å². The van der Waals surface area contributed by atoms with Gasteiger partial charge in [-0.3, -0.25) is 14.6 Å². The summed E-state index contributed by atoms with van der Waals surface area (Å²) in [5, 5.41) is 3.18. The predicted octanol–water partition coefficient (Wildman–Crippen LogP) is 1.18. The number of nitrogens with one attached hydrogen (secondary N) is 1. The maximum Gasteiger partial charge on any atom is 0.253 e. The van der Waals surface area contributed by atoms with E-state index < -0.39 is 0 Å². The van der Waals surface area contributed by atoms with Gasteiger partial charge in [0.05, 0.1) is 5.92 Å². The van der Waals surface area contributed by atoms with Gasteiger partial charge in [-0.05, 0) is 50.3 Å². The lowest BCUT2D eigenvalue weighted by Gasteiger charge is -2.33. The van der Waals surface area contributed by atoms with Crippen LogP contribution in [0.1, 0.15) is 42.5 Å². The molecular formula is C18H26N4O2. The summed E-state index contributed by atoms with van der Waals surface area (Å²) in [5.74, 6) is 0.332. The van der Waals surface area contributed by atoms with E-state index >= 15 is 0 Å². The molecule has 3 atom stereocenters. The third-order valence-electron chi connectivity index (χ3n) is 5.30. The predicted molar refractivity (Wildman–Crippen MR) is 91.2 cm³/mol. The molecule has 6 nitrogen and oxygen atoms in total. The Bertz CT molecular complexity index is 578. The van der Waals surface area contributed by atoms with Crippen molar-refractivity contribution in [3.63, 3.8) is 0 Å². The Kier molecular flexibility index (Phi) is 5.45. The summed E-state index contributed by atoms with van der Waals surface area (Å²) in [6, 6.07) is 3.64. The van der Waals surface area contributed by atoms with E-state index in [0.717, 1.165) is 32.1 Å². The van der Waals surface area contributed by atoms with Gasteiger partial charge < -0.3 is 16.0 Å². The molecule has 2 heterocycles. The van der Waals surface area contributed by atoms with Crippen LogP contribution in [0.3, 0.4) is 0 Å². The van der Waals surface area contributed by atoms with Crippen LogP contribution in [0.4, 0.5) is 0 Å². The van der Waals surface area contributed by atoms with Crippen LogP contribution >= 0.6 is 0 Å². The lowest BCUT2D eigenvalue weighted by Crippen LogP contribution is -2.48. The minimum atomic E-state index is -0.122. The van der Waals surface area contributed by atoms with Crippen molar-refractivity contribution in [2.75, 3.05) is 19.6 Å². The summed E-state index contributed by atoms with van der Waals surface area (Å²) in [7, 11) is 0. The quantitative estimate of drug-likeness (QED) is 0.867. The fourth-order valence-corrected chi connectivity index (χ4v) is 3.86. The van der Waals surface area contributed by atoms with Gasteiger partial charge in [0.1, 0.15) is 0 Å². The van der Waals surface area contributed by atoms with E-state index in [1.54, 1.807) is 29.4 Å². The van der Waals surface area contributed by atoms with Gasteiger partial charge in [-0.25, -0.2) is 0 Å². The molecule has 130 valence electrons. The third-order valence-corrected chi connectivity index (χ3v) is 5.30.